The van der Waals surface area contributed by atoms with E-state index in [1.165, 1.54) is 12.1 Å². The third-order valence-electron chi connectivity index (χ3n) is 2.54. The molecule has 2 rings (SSSR count). The van der Waals surface area contributed by atoms with Crippen LogP contribution in [0.2, 0.25) is 0 Å². The number of aromatic carboxylic acids is 1. The minimum Gasteiger partial charge on any atom is -0.478 e. The van der Waals surface area contributed by atoms with Crippen molar-refractivity contribution in [2.24, 2.45) is 5.73 Å². The first-order valence-corrected chi connectivity index (χ1v) is 4.35. The second kappa shape index (κ2) is 2.78. The topological polar surface area (TPSA) is 63.3 Å². The van der Waals surface area contributed by atoms with E-state index in [2.05, 4.69) is 0 Å². The smallest absolute Gasteiger partial charge is 0.336 e. The first-order valence-electron chi connectivity index (χ1n) is 4.35. The lowest BCUT2D eigenvalue weighted by Gasteiger charge is -2.12. The predicted octanol–water partition coefficient (Wildman–Crippen LogP) is 1.47. The molecule has 1 aliphatic rings. The van der Waals surface area contributed by atoms with Gasteiger partial charge in [0.15, 0.2) is 0 Å². The van der Waals surface area contributed by atoms with Gasteiger partial charge in [0.2, 0.25) is 0 Å². The Hall–Kier alpha value is -1.42. The van der Waals surface area contributed by atoms with Crippen LogP contribution in [0.25, 0.3) is 0 Å². The van der Waals surface area contributed by atoms with Crippen LogP contribution >= 0.6 is 0 Å². The van der Waals surface area contributed by atoms with Crippen molar-refractivity contribution in [2.75, 3.05) is 0 Å². The zero-order valence-electron chi connectivity index (χ0n) is 7.46. The Labute approximate surface area is 80.3 Å². The minimum absolute atomic E-state index is 0.0231. The Morgan fingerprint density at radius 1 is 1.50 bits per heavy atom. The van der Waals surface area contributed by atoms with Crippen molar-refractivity contribution in [1.82, 2.24) is 0 Å². The van der Waals surface area contributed by atoms with Gasteiger partial charge < -0.3 is 10.8 Å². The number of halogens is 1. The molecular formula is C10H10FNO2. The molecular weight excluding hydrogens is 185 g/mol. The molecule has 0 aliphatic heterocycles. The van der Waals surface area contributed by atoms with Crippen molar-refractivity contribution < 1.29 is 14.3 Å². The largest absolute Gasteiger partial charge is 0.478 e. The normalized spacial score (nSPS) is 17.9. The molecule has 0 atom stereocenters. The second-order valence-electron chi connectivity index (χ2n) is 3.65. The van der Waals surface area contributed by atoms with Crippen molar-refractivity contribution >= 4 is 5.97 Å². The molecule has 0 aromatic heterocycles. The number of carboxylic acid groups (broad SMARTS) is 1. The maximum absolute atomic E-state index is 12.8. The zero-order chi connectivity index (χ0) is 10.3. The van der Waals surface area contributed by atoms with Crippen LogP contribution < -0.4 is 5.73 Å². The molecule has 0 heterocycles. The summed E-state index contributed by atoms with van der Waals surface area (Å²) >= 11 is 0. The van der Waals surface area contributed by atoms with E-state index in [1.807, 2.05) is 0 Å². The van der Waals surface area contributed by atoms with E-state index in [0.29, 0.717) is 5.56 Å². The quantitative estimate of drug-likeness (QED) is 0.751. The van der Waals surface area contributed by atoms with Crippen molar-refractivity contribution in [3.05, 3.63) is 35.1 Å². The van der Waals surface area contributed by atoms with E-state index in [-0.39, 0.29) is 5.56 Å². The monoisotopic (exact) mass is 195 g/mol. The Bertz CT molecular complexity index is 399. The summed E-state index contributed by atoms with van der Waals surface area (Å²) < 4.78 is 12.8. The van der Waals surface area contributed by atoms with Crippen LogP contribution in [0, 0.1) is 5.82 Å². The number of nitrogens with two attached hydrogens (primary N) is 1. The van der Waals surface area contributed by atoms with E-state index < -0.39 is 17.3 Å². The van der Waals surface area contributed by atoms with E-state index in [9.17, 15) is 9.18 Å². The molecule has 4 heteroatoms. The van der Waals surface area contributed by atoms with Crippen LogP contribution in [0.15, 0.2) is 18.2 Å². The summed E-state index contributed by atoms with van der Waals surface area (Å²) in [7, 11) is 0. The lowest BCUT2D eigenvalue weighted by Crippen LogP contribution is -2.22. The first kappa shape index (κ1) is 9.15. The molecule has 1 saturated carbocycles. The van der Waals surface area contributed by atoms with Gasteiger partial charge in [-0.2, -0.15) is 0 Å². The number of carbonyl (C=O) groups is 1. The van der Waals surface area contributed by atoms with Crippen LogP contribution in [-0.2, 0) is 5.54 Å². The van der Waals surface area contributed by atoms with Crippen molar-refractivity contribution in [3.8, 4) is 0 Å². The lowest BCUT2D eigenvalue weighted by atomic mass is 9.99. The fraction of sp³-hybridized carbons (Fsp3) is 0.300. The molecule has 0 bridgehead atoms. The van der Waals surface area contributed by atoms with Crippen LogP contribution in [0.4, 0.5) is 4.39 Å². The molecule has 0 unspecified atom stereocenters. The predicted molar refractivity (Wildman–Crippen MR) is 48.5 cm³/mol. The molecule has 0 saturated heterocycles. The average Bonchev–Trinajstić information content (AvgIpc) is 2.84. The molecule has 0 amide bonds. The molecule has 0 radical (unpaired) electrons. The lowest BCUT2D eigenvalue weighted by molar-refractivity contribution is 0.0694. The number of benzene rings is 1. The molecule has 3 nitrogen and oxygen atoms in total. The first-order chi connectivity index (χ1) is 6.53. The SMILES string of the molecule is NC1(c2ccc(F)cc2C(=O)O)CC1. The third kappa shape index (κ3) is 1.37. The van der Waals surface area contributed by atoms with Gasteiger partial charge in [0.05, 0.1) is 5.56 Å². The highest BCUT2D eigenvalue weighted by Gasteiger charge is 2.42. The summed E-state index contributed by atoms with van der Waals surface area (Å²) in [4.78, 5) is 10.8. The summed E-state index contributed by atoms with van der Waals surface area (Å²) in [6.07, 6.45) is 1.53. The second-order valence-corrected chi connectivity index (χ2v) is 3.65. The van der Waals surface area contributed by atoms with Gasteiger partial charge in [-0.15, -0.1) is 0 Å². The molecule has 14 heavy (non-hydrogen) atoms. The summed E-state index contributed by atoms with van der Waals surface area (Å²) in [5.41, 5.74) is 5.84. The Kier molecular flexibility index (Phi) is 1.82. The highest BCUT2D eigenvalue weighted by molar-refractivity contribution is 5.90. The number of hydrogen-bond acceptors (Lipinski definition) is 2. The summed E-state index contributed by atoms with van der Waals surface area (Å²) in [5, 5.41) is 8.86. The van der Waals surface area contributed by atoms with E-state index in [1.54, 1.807) is 0 Å². The third-order valence-corrected chi connectivity index (χ3v) is 2.54. The van der Waals surface area contributed by atoms with E-state index in [0.717, 1.165) is 18.9 Å². The average molecular weight is 195 g/mol. The molecule has 1 aromatic rings. The fourth-order valence-electron chi connectivity index (χ4n) is 1.53. The molecule has 74 valence electrons. The van der Waals surface area contributed by atoms with Gasteiger partial charge in [-0.25, -0.2) is 9.18 Å². The van der Waals surface area contributed by atoms with Crippen LogP contribution in [-0.4, -0.2) is 11.1 Å². The molecule has 0 spiro atoms. The van der Waals surface area contributed by atoms with Gasteiger partial charge >= 0.3 is 5.97 Å². The maximum atomic E-state index is 12.8. The number of carboxylic acids is 1. The van der Waals surface area contributed by atoms with Gasteiger partial charge in [0.25, 0.3) is 0 Å². The Balaban J connectivity index is 2.54. The van der Waals surface area contributed by atoms with Gasteiger partial charge in [-0.1, -0.05) is 6.07 Å². The highest BCUT2D eigenvalue weighted by Crippen LogP contribution is 2.44. The summed E-state index contributed by atoms with van der Waals surface area (Å²) in [6.45, 7) is 0. The van der Waals surface area contributed by atoms with Gasteiger partial charge in [0, 0.05) is 5.54 Å². The standard InChI is InChI=1S/C10H10FNO2/c11-6-1-2-8(10(12)3-4-10)7(5-6)9(13)14/h1-2,5H,3-4,12H2,(H,13,14). The molecule has 1 fully saturated rings. The minimum atomic E-state index is -1.13. The molecule has 3 N–H and O–H groups in total. The van der Waals surface area contributed by atoms with Crippen molar-refractivity contribution in [3.63, 3.8) is 0 Å². The molecule has 1 aliphatic carbocycles. The van der Waals surface area contributed by atoms with Crippen LogP contribution in [0.1, 0.15) is 28.8 Å². The maximum Gasteiger partial charge on any atom is 0.336 e. The van der Waals surface area contributed by atoms with Crippen molar-refractivity contribution in [1.29, 1.82) is 0 Å². The van der Waals surface area contributed by atoms with Crippen LogP contribution in [0.3, 0.4) is 0 Å². The fourth-order valence-corrected chi connectivity index (χ4v) is 1.53. The van der Waals surface area contributed by atoms with Gasteiger partial charge in [-0.3, -0.25) is 0 Å². The number of hydrogen-bond donors (Lipinski definition) is 2. The number of rotatable bonds is 2. The summed E-state index contributed by atoms with van der Waals surface area (Å²) in [5.74, 6) is -1.67. The van der Waals surface area contributed by atoms with Crippen molar-refractivity contribution in [2.45, 2.75) is 18.4 Å². The van der Waals surface area contributed by atoms with E-state index >= 15 is 0 Å². The molecule has 1 aromatic carbocycles. The summed E-state index contributed by atoms with van der Waals surface area (Å²) in [6, 6.07) is 3.73. The highest BCUT2D eigenvalue weighted by atomic mass is 19.1. The zero-order valence-corrected chi connectivity index (χ0v) is 7.46. The van der Waals surface area contributed by atoms with E-state index in [4.69, 9.17) is 10.8 Å². The Morgan fingerprint density at radius 3 is 2.64 bits per heavy atom. The van der Waals surface area contributed by atoms with Gasteiger partial charge in [-0.05, 0) is 30.5 Å². The van der Waals surface area contributed by atoms with Crippen LogP contribution in [0.5, 0.6) is 0 Å². The van der Waals surface area contributed by atoms with Gasteiger partial charge in [0.1, 0.15) is 5.82 Å². The Morgan fingerprint density at radius 2 is 2.14 bits per heavy atom.